The number of nitrogens with one attached hydrogen (secondary N) is 2. The molecule has 2 N–H and O–H groups in total. The summed E-state index contributed by atoms with van der Waals surface area (Å²) in [5.41, 5.74) is 2.02. The molecule has 1 amide bonds. The van der Waals surface area contributed by atoms with E-state index in [1.165, 1.54) is 6.42 Å². The Labute approximate surface area is 137 Å². The van der Waals surface area contributed by atoms with Crippen molar-refractivity contribution in [1.29, 1.82) is 0 Å². The zero-order valence-corrected chi connectivity index (χ0v) is 13.8. The van der Waals surface area contributed by atoms with Crippen LogP contribution in [0.25, 0.3) is 0 Å². The van der Waals surface area contributed by atoms with E-state index < -0.39 is 0 Å². The summed E-state index contributed by atoms with van der Waals surface area (Å²) in [4.78, 5) is 12.0. The number of hydrogen-bond donors (Lipinski definition) is 2. The second-order valence-corrected chi connectivity index (χ2v) is 6.37. The lowest BCUT2D eigenvalue weighted by Gasteiger charge is -2.24. The van der Waals surface area contributed by atoms with Crippen LogP contribution >= 0.6 is 0 Å². The van der Waals surface area contributed by atoms with Crippen LogP contribution in [0.5, 0.6) is 0 Å². The van der Waals surface area contributed by atoms with Gasteiger partial charge in [-0.15, -0.1) is 0 Å². The first-order valence-electron chi connectivity index (χ1n) is 8.31. The number of carbonyl (C=O) groups excluding carboxylic acids is 1. The van der Waals surface area contributed by atoms with Crippen LogP contribution in [0.2, 0.25) is 0 Å². The van der Waals surface area contributed by atoms with Gasteiger partial charge in [-0.05, 0) is 56.5 Å². The summed E-state index contributed by atoms with van der Waals surface area (Å²) in [6.45, 7) is 4.76. The standard InChI is InChI=1S/C19H24N2O2/c1-13-9-10-18(23-13)14(2)20-12-15-5-3-8-17(11-15)21-19(22)16-6-4-7-16/h3,5,8-11,14,16,20H,4,6-7,12H2,1-2H3,(H,21,22)/t14-/m1/s1. The number of hydrogen-bond acceptors (Lipinski definition) is 3. The van der Waals surface area contributed by atoms with Crippen molar-refractivity contribution in [2.75, 3.05) is 5.32 Å². The van der Waals surface area contributed by atoms with Crippen molar-refractivity contribution < 1.29 is 9.21 Å². The quantitative estimate of drug-likeness (QED) is 0.841. The third kappa shape index (κ3) is 4.02. The van der Waals surface area contributed by atoms with E-state index in [-0.39, 0.29) is 17.9 Å². The Morgan fingerprint density at radius 2 is 2.13 bits per heavy atom. The Hall–Kier alpha value is -2.07. The van der Waals surface area contributed by atoms with Gasteiger partial charge in [0.15, 0.2) is 0 Å². The van der Waals surface area contributed by atoms with Crippen LogP contribution in [0.15, 0.2) is 40.8 Å². The molecule has 3 rings (SSSR count). The summed E-state index contributed by atoms with van der Waals surface area (Å²) >= 11 is 0. The van der Waals surface area contributed by atoms with Crippen LogP contribution in [0.3, 0.4) is 0 Å². The van der Waals surface area contributed by atoms with E-state index in [0.29, 0.717) is 0 Å². The van der Waals surface area contributed by atoms with Crippen LogP contribution in [0, 0.1) is 12.8 Å². The predicted molar refractivity (Wildman–Crippen MR) is 91.1 cm³/mol. The summed E-state index contributed by atoms with van der Waals surface area (Å²) in [5, 5.41) is 6.47. The Bertz CT molecular complexity index is 674. The largest absolute Gasteiger partial charge is 0.465 e. The smallest absolute Gasteiger partial charge is 0.227 e. The molecule has 0 saturated heterocycles. The fourth-order valence-electron chi connectivity index (χ4n) is 2.73. The van der Waals surface area contributed by atoms with Gasteiger partial charge in [0.2, 0.25) is 5.91 Å². The molecule has 1 aromatic carbocycles. The summed E-state index contributed by atoms with van der Waals surface area (Å²) in [5.74, 6) is 2.23. The van der Waals surface area contributed by atoms with Crippen molar-refractivity contribution in [2.24, 2.45) is 5.92 Å². The molecule has 0 spiro atoms. The van der Waals surface area contributed by atoms with Gasteiger partial charge in [-0.1, -0.05) is 18.6 Å². The second kappa shape index (κ2) is 7.01. The van der Waals surface area contributed by atoms with Gasteiger partial charge < -0.3 is 15.1 Å². The minimum atomic E-state index is 0.150. The van der Waals surface area contributed by atoms with Gasteiger partial charge in [0.1, 0.15) is 11.5 Å². The Morgan fingerprint density at radius 1 is 1.30 bits per heavy atom. The minimum Gasteiger partial charge on any atom is -0.465 e. The lowest BCUT2D eigenvalue weighted by atomic mass is 9.85. The van der Waals surface area contributed by atoms with Crippen LogP contribution in [0.1, 0.15) is 49.3 Å². The first-order chi connectivity index (χ1) is 11.1. The van der Waals surface area contributed by atoms with Gasteiger partial charge >= 0.3 is 0 Å². The van der Waals surface area contributed by atoms with Crippen LogP contribution < -0.4 is 10.6 Å². The average molecular weight is 312 g/mol. The number of anilines is 1. The molecule has 2 aromatic rings. The van der Waals surface area contributed by atoms with Crippen LogP contribution in [-0.4, -0.2) is 5.91 Å². The van der Waals surface area contributed by atoms with Gasteiger partial charge in [-0.2, -0.15) is 0 Å². The van der Waals surface area contributed by atoms with E-state index in [2.05, 4.69) is 23.6 Å². The highest BCUT2D eigenvalue weighted by Gasteiger charge is 2.25. The molecule has 0 aliphatic heterocycles. The SMILES string of the molecule is Cc1ccc([C@@H](C)NCc2cccc(NC(=O)C3CCC3)c2)o1. The van der Waals surface area contributed by atoms with Crippen molar-refractivity contribution >= 4 is 11.6 Å². The Balaban J connectivity index is 1.55. The minimum absolute atomic E-state index is 0.150. The molecule has 1 aromatic heterocycles. The molecule has 0 bridgehead atoms. The molecule has 4 heteroatoms. The molecule has 0 radical (unpaired) electrons. The van der Waals surface area contributed by atoms with Crippen LogP contribution in [0.4, 0.5) is 5.69 Å². The summed E-state index contributed by atoms with van der Waals surface area (Å²) in [6, 6.07) is 12.1. The molecule has 1 aliphatic carbocycles. The molecule has 1 fully saturated rings. The lowest BCUT2D eigenvalue weighted by molar-refractivity contribution is -0.122. The Morgan fingerprint density at radius 3 is 2.78 bits per heavy atom. The number of carbonyl (C=O) groups is 1. The molecule has 1 saturated carbocycles. The molecule has 23 heavy (non-hydrogen) atoms. The third-order valence-corrected chi connectivity index (χ3v) is 4.47. The van der Waals surface area contributed by atoms with Gasteiger partial charge in [-0.25, -0.2) is 0 Å². The number of aryl methyl sites for hydroxylation is 1. The van der Waals surface area contributed by atoms with E-state index >= 15 is 0 Å². The van der Waals surface area contributed by atoms with Crippen molar-refractivity contribution in [3.05, 3.63) is 53.5 Å². The maximum absolute atomic E-state index is 12.0. The lowest BCUT2D eigenvalue weighted by Crippen LogP contribution is -2.28. The van der Waals surface area contributed by atoms with Crippen LogP contribution in [-0.2, 0) is 11.3 Å². The van der Waals surface area contributed by atoms with Crippen molar-refractivity contribution in [3.63, 3.8) is 0 Å². The Kier molecular flexibility index (Phi) is 4.82. The molecule has 1 heterocycles. The average Bonchev–Trinajstić information content (AvgIpc) is 2.90. The first-order valence-corrected chi connectivity index (χ1v) is 8.31. The van der Waals surface area contributed by atoms with E-state index in [9.17, 15) is 4.79 Å². The molecule has 122 valence electrons. The topological polar surface area (TPSA) is 54.3 Å². The fourth-order valence-corrected chi connectivity index (χ4v) is 2.73. The second-order valence-electron chi connectivity index (χ2n) is 6.37. The molecular formula is C19H24N2O2. The van der Waals surface area contributed by atoms with Gasteiger partial charge in [-0.3, -0.25) is 4.79 Å². The van der Waals surface area contributed by atoms with E-state index in [0.717, 1.165) is 42.2 Å². The highest BCUT2D eigenvalue weighted by Crippen LogP contribution is 2.27. The fraction of sp³-hybridized carbons (Fsp3) is 0.421. The number of amides is 1. The number of furan rings is 1. The zero-order valence-electron chi connectivity index (χ0n) is 13.8. The number of rotatable bonds is 6. The highest BCUT2D eigenvalue weighted by atomic mass is 16.3. The molecule has 1 aliphatic rings. The van der Waals surface area contributed by atoms with E-state index in [1.807, 2.05) is 37.3 Å². The molecule has 1 atom stereocenters. The summed E-state index contributed by atoms with van der Waals surface area (Å²) in [6.07, 6.45) is 3.21. The van der Waals surface area contributed by atoms with E-state index in [4.69, 9.17) is 4.42 Å². The van der Waals surface area contributed by atoms with Gasteiger partial charge in [0, 0.05) is 18.2 Å². The van der Waals surface area contributed by atoms with Crippen molar-refractivity contribution in [1.82, 2.24) is 5.32 Å². The first kappa shape index (κ1) is 15.8. The normalized spacial score (nSPS) is 15.9. The monoisotopic (exact) mass is 312 g/mol. The predicted octanol–water partition coefficient (Wildman–Crippen LogP) is 4.18. The maximum atomic E-state index is 12.0. The molecule has 4 nitrogen and oxygen atoms in total. The highest BCUT2D eigenvalue weighted by molar-refractivity contribution is 5.93. The molecule has 0 unspecified atom stereocenters. The maximum Gasteiger partial charge on any atom is 0.227 e. The summed E-state index contributed by atoms with van der Waals surface area (Å²) in [7, 11) is 0. The molecular weight excluding hydrogens is 288 g/mol. The van der Waals surface area contributed by atoms with Crippen molar-refractivity contribution in [3.8, 4) is 0 Å². The van der Waals surface area contributed by atoms with Gasteiger partial charge in [0.25, 0.3) is 0 Å². The van der Waals surface area contributed by atoms with Crippen molar-refractivity contribution in [2.45, 2.75) is 45.7 Å². The number of benzene rings is 1. The van der Waals surface area contributed by atoms with E-state index in [1.54, 1.807) is 0 Å². The summed E-state index contributed by atoms with van der Waals surface area (Å²) < 4.78 is 5.64. The van der Waals surface area contributed by atoms with Gasteiger partial charge in [0.05, 0.1) is 6.04 Å². The zero-order chi connectivity index (χ0) is 16.2. The third-order valence-electron chi connectivity index (χ3n) is 4.47.